The number of hydrogen-bond acceptors (Lipinski definition) is 5. The molecule has 1 saturated heterocycles. The van der Waals surface area contributed by atoms with Gasteiger partial charge in [-0.3, -0.25) is 19.7 Å². The number of amides is 3. The van der Waals surface area contributed by atoms with E-state index >= 15 is 0 Å². The molecule has 35 heavy (non-hydrogen) atoms. The first-order valence-corrected chi connectivity index (χ1v) is 14.4. The number of fused-ring (bicyclic) bond motifs is 1. The zero-order valence-corrected chi connectivity index (χ0v) is 22.6. The van der Waals surface area contributed by atoms with Crippen molar-refractivity contribution >= 4 is 30.0 Å². The minimum absolute atomic E-state index is 0.0447. The summed E-state index contributed by atoms with van der Waals surface area (Å²) < 4.78 is 0. The van der Waals surface area contributed by atoms with Gasteiger partial charge in [-0.1, -0.05) is 39.2 Å². The lowest BCUT2D eigenvalue weighted by molar-refractivity contribution is -0.125. The van der Waals surface area contributed by atoms with E-state index in [-0.39, 0.29) is 24.3 Å². The molecule has 6 nitrogen and oxygen atoms in total. The van der Waals surface area contributed by atoms with Gasteiger partial charge in [0.1, 0.15) is 0 Å². The molecule has 3 unspecified atom stereocenters. The van der Waals surface area contributed by atoms with E-state index in [1.54, 1.807) is 0 Å². The third-order valence-corrected chi connectivity index (χ3v) is 8.50. The lowest BCUT2D eigenvalue weighted by Gasteiger charge is -2.34. The maximum atomic E-state index is 12.9. The van der Waals surface area contributed by atoms with Crippen molar-refractivity contribution in [3.63, 3.8) is 0 Å². The van der Waals surface area contributed by atoms with Crippen LogP contribution in [-0.4, -0.2) is 59.5 Å². The van der Waals surface area contributed by atoms with Crippen LogP contribution in [-0.2, 0) is 16.1 Å². The number of carbonyl (C=O) groups excluding carboxylic acids is 3. The molecule has 2 aliphatic heterocycles. The van der Waals surface area contributed by atoms with E-state index in [9.17, 15) is 14.4 Å². The minimum atomic E-state index is -0.303. The molecule has 1 aromatic rings. The zero-order valence-electron chi connectivity index (χ0n) is 21.8. The van der Waals surface area contributed by atoms with Crippen molar-refractivity contribution in [2.24, 2.45) is 11.8 Å². The molecule has 0 saturated carbocycles. The van der Waals surface area contributed by atoms with Crippen LogP contribution in [0.5, 0.6) is 0 Å². The van der Waals surface area contributed by atoms with E-state index in [0.29, 0.717) is 19.4 Å². The molecular weight excluding hydrogens is 458 g/mol. The molecule has 0 aliphatic carbocycles. The van der Waals surface area contributed by atoms with Gasteiger partial charge >= 0.3 is 0 Å². The number of unbranched alkanes of at least 4 members (excludes halogenated alkanes) is 4. The number of piperidine rings is 1. The maximum absolute atomic E-state index is 12.9. The Morgan fingerprint density at radius 1 is 1.14 bits per heavy atom. The molecule has 0 bridgehead atoms. The van der Waals surface area contributed by atoms with Crippen molar-refractivity contribution in [2.45, 2.75) is 89.6 Å². The number of rotatable bonds is 14. The summed E-state index contributed by atoms with van der Waals surface area (Å²) in [6.07, 6.45) is 8.95. The van der Waals surface area contributed by atoms with E-state index in [1.807, 2.05) is 35.7 Å². The van der Waals surface area contributed by atoms with Crippen LogP contribution >= 0.6 is 11.8 Å². The number of carbonyl (C=O) groups is 3. The molecule has 0 radical (unpaired) electrons. The van der Waals surface area contributed by atoms with Crippen LogP contribution in [0.15, 0.2) is 23.1 Å². The Morgan fingerprint density at radius 3 is 2.60 bits per heavy atom. The van der Waals surface area contributed by atoms with Crippen LogP contribution in [0.1, 0.15) is 88.1 Å². The predicted molar refractivity (Wildman–Crippen MR) is 142 cm³/mol. The number of hydrogen-bond donors (Lipinski definition) is 1. The van der Waals surface area contributed by atoms with Gasteiger partial charge in [-0.2, -0.15) is 0 Å². The summed E-state index contributed by atoms with van der Waals surface area (Å²) in [5, 5.41) is 2.16. The van der Waals surface area contributed by atoms with Gasteiger partial charge in [0.15, 0.2) is 0 Å². The average molecular weight is 502 g/mol. The average Bonchev–Trinajstić information content (AvgIpc) is 3.16. The van der Waals surface area contributed by atoms with Crippen LogP contribution < -0.4 is 5.32 Å². The summed E-state index contributed by atoms with van der Waals surface area (Å²) in [6.45, 7) is 11.1. The van der Waals surface area contributed by atoms with Gasteiger partial charge in [-0.05, 0) is 74.4 Å². The van der Waals surface area contributed by atoms with E-state index in [1.165, 1.54) is 63.1 Å². The summed E-state index contributed by atoms with van der Waals surface area (Å²) in [6, 6.07) is 5.97. The van der Waals surface area contributed by atoms with Gasteiger partial charge in [0.2, 0.25) is 12.3 Å². The lowest BCUT2D eigenvalue weighted by atomic mass is 9.92. The van der Waals surface area contributed by atoms with Crippen molar-refractivity contribution in [2.75, 3.05) is 25.4 Å². The quantitative estimate of drug-likeness (QED) is 0.218. The molecule has 3 rings (SSSR count). The minimum Gasteiger partial charge on any atom is -0.332 e. The van der Waals surface area contributed by atoms with Crippen LogP contribution in [0.25, 0.3) is 0 Å². The van der Waals surface area contributed by atoms with Crippen LogP contribution in [0.2, 0.25) is 0 Å². The highest BCUT2D eigenvalue weighted by Crippen LogP contribution is 2.34. The topological polar surface area (TPSA) is 69.7 Å². The van der Waals surface area contributed by atoms with Crippen molar-refractivity contribution < 1.29 is 14.4 Å². The van der Waals surface area contributed by atoms with Gasteiger partial charge < -0.3 is 9.80 Å². The Bertz CT molecular complexity index is 852. The first-order valence-electron chi connectivity index (χ1n) is 13.4. The maximum Gasteiger partial charge on any atom is 0.254 e. The largest absolute Gasteiger partial charge is 0.332 e. The number of nitrogens with zero attached hydrogens (tertiary/aromatic N) is 2. The lowest BCUT2D eigenvalue weighted by Crippen LogP contribution is -2.39. The van der Waals surface area contributed by atoms with E-state index in [2.05, 4.69) is 30.1 Å². The van der Waals surface area contributed by atoms with E-state index in [0.717, 1.165) is 28.7 Å². The monoisotopic (exact) mass is 501 g/mol. The highest BCUT2D eigenvalue weighted by molar-refractivity contribution is 7.99. The molecule has 7 heteroatoms. The smallest absolute Gasteiger partial charge is 0.254 e. The second kappa shape index (κ2) is 14.0. The van der Waals surface area contributed by atoms with E-state index in [4.69, 9.17) is 0 Å². The predicted octanol–water partition coefficient (Wildman–Crippen LogP) is 5.10. The summed E-state index contributed by atoms with van der Waals surface area (Å²) in [4.78, 5) is 40.7. The highest BCUT2D eigenvalue weighted by Gasteiger charge is 2.32. The third kappa shape index (κ3) is 8.35. The van der Waals surface area contributed by atoms with Crippen LogP contribution in [0, 0.1) is 11.8 Å². The van der Waals surface area contributed by atoms with Crippen LogP contribution in [0.4, 0.5) is 0 Å². The standard InChI is InChI=1S/C28H43N3O3S/c1-21-16-22(2)18-30(17-21)14-7-5-4-6-8-15-35-26-11-9-10-24-25(26)19-31(28(24)34)23(3)12-13-27(33)29-20-32/h9-11,20-23H,4-8,12-19H2,1-3H3,(H,29,32,33). The van der Waals surface area contributed by atoms with Gasteiger partial charge in [0, 0.05) is 42.6 Å². The molecule has 1 N–H and O–H groups in total. The fraction of sp³-hybridized carbons (Fsp3) is 0.679. The Labute approximate surface area is 215 Å². The molecule has 3 amide bonds. The molecular formula is C28H43N3O3S. The normalized spacial score (nSPS) is 21.1. The number of thioether (sulfide) groups is 1. The summed E-state index contributed by atoms with van der Waals surface area (Å²) in [7, 11) is 0. The highest BCUT2D eigenvalue weighted by atomic mass is 32.2. The number of nitrogens with one attached hydrogen (secondary N) is 1. The van der Waals surface area contributed by atoms with Crippen LogP contribution in [0.3, 0.4) is 0 Å². The fourth-order valence-corrected chi connectivity index (χ4v) is 6.67. The first kappa shape index (κ1) is 27.7. The van der Waals surface area contributed by atoms with Gasteiger partial charge in [-0.15, -0.1) is 11.8 Å². The molecule has 3 atom stereocenters. The van der Waals surface area contributed by atoms with Gasteiger partial charge in [0.25, 0.3) is 5.91 Å². The van der Waals surface area contributed by atoms with Crippen molar-refractivity contribution in [3.8, 4) is 0 Å². The number of benzene rings is 1. The number of imide groups is 1. The first-order chi connectivity index (χ1) is 16.9. The molecule has 194 valence electrons. The fourth-order valence-electron chi connectivity index (χ4n) is 5.58. The Kier molecular flexibility index (Phi) is 11.1. The molecule has 2 heterocycles. The van der Waals surface area contributed by atoms with Gasteiger partial charge in [0.05, 0.1) is 0 Å². The zero-order chi connectivity index (χ0) is 25.2. The third-order valence-electron chi connectivity index (χ3n) is 7.31. The molecule has 2 aliphatic rings. The van der Waals surface area contributed by atoms with E-state index < -0.39 is 0 Å². The second-order valence-corrected chi connectivity index (χ2v) is 11.7. The van der Waals surface area contributed by atoms with Crippen molar-refractivity contribution in [1.82, 2.24) is 15.1 Å². The van der Waals surface area contributed by atoms with Crippen molar-refractivity contribution in [1.29, 1.82) is 0 Å². The molecule has 1 fully saturated rings. The Balaban J connectivity index is 1.35. The SMILES string of the molecule is CC1CC(C)CN(CCCCCCCSc2cccc3c2CN(C(C)CCC(=O)NC=O)C3=O)C1. The second-order valence-electron chi connectivity index (χ2n) is 10.6. The Morgan fingerprint density at radius 2 is 1.86 bits per heavy atom. The Hall–Kier alpha value is -1.86. The summed E-state index contributed by atoms with van der Waals surface area (Å²) in [5.74, 6) is 2.50. The summed E-state index contributed by atoms with van der Waals surface area (Å²) in [5.41, 5.74) is 1.91. The van der Waals surface area contributed by atoms with Crippen molar-refractivity contribution in [3.05, 3.63) is 29.3 Å². The number of likely N-dealkylation sites (tertiary alicyclic amines) is 1. The van der Waals surface area contributed by atoms with Gasteiger partial charge in [-0.25, -0.2) is 0 Å². The molecule has 0 spiro atoms. The summed E-state index contributed by atoms with van der Waals surface area (Å²) >= 11 is 1.86. The molecule has 0 aromatic heterocycles. The molecule has 1 aromatic carbocycles.